The number of allylic oxidation sites excluding steroid dienone is 4. The van der Waals surface area contributed by atoms with Gasteiger partial charge in [0, 0.05) is 12.8 Å². The van der Waals surface area contributed by atoms with Crippen LogP contribution < -0.4 is 0 Å². The fourth-order valence-corrected chi connectivity index (χ4v) is 1.45. The van der Waals surface area contributed by atoms with Crippen LogP contribution in [0.3, 0.4) is 0 Å². The quantitative estimate of drug-likeness (QED) is 0.538. The highest BCUT2D eigenvalue weighted by atomic mass is 16.1. The second-order valence-corrected chi connectivity index (χ2v) is 4.42. The third-order valence-electron chi connectivity index (χ3n) is 2.90. The first-order chi connectivity index (χ1) is 7.60. The summed E-state index contributed by atoms with van der Waals surface area (Å²) in [5.41, 5.74) is 2.87. The molecule has 0 rings (SSSR count). The molecule has 0 aliphatic rings. The normalized spacial score (nSPS) is 13.0. The molecule has 0 aliphatic heterocycles. The Morgan fingerprint density at radius 1 is 0.875 bits per heavy atom. The topological polar surface area (TPSA) is 17.1 Å². The van der Waals surface area contributed by atoms with Crippen molar-refractivity contribution in [1.29, 1.82) is 0 Å². The van der Waals surface area contributed by atoms with Crippen LogP contribution >= 0.6 is 0 Å². The highest BCUT2D eigenvalue weighted by Gasteiger charge is 1.96. The number of carbonyl (C=O) groups excluding carboxylic acids is 1. The van der Waals surface area contributed by atoms with Crippen LogP contribution in [0, 0.1) is 0 Å². The van der Waals surface area contributed by atoms with Gasteiger partial charge in [0.1, 0.15) is 5.78 Å². The predicted molar refractivity (Wildman–Crippen MR) is 71.6 cm³/mol. The number of rotatable bonds is 8. The Bertz CT molecular complexity index is 259. The van der Waals surface area contributed by atoms with Crippen LogP contribution in [0.4, 0.5) is 0 Å². The lowest BCUT2D eigenvalue weighted by Crippen LogP contribution is -1.93. The molecule has 0 amide bonds. The van der Waals surface area contributed by atoms with E-state index in [4.69, 9.17) is 0 Å². The van der Waals surface area contributed by atoms with Crippen LogP contribution in [0.15, 0.2) is 23.3 Å². The van der Waals surface area contributed by atoms with Crippen molar-refractivity contribution in [1.82, 2.24) is 0 Å². The van der Waals surface area contributed by atoms with E-state index in [1.54, 1.807) is 0 Å². The van der Waals surface area contributed by atoms with Gasteiger partial charge in [0.25, 0.3) is 0 Å². The molecule has 0 N–H and O–H groups in total. The molecule has 16 heavy (non-hydrogen) atoms. The van der Waals surface area contributed by atoms with Crippen LogP contribution in [-0.4, -0.2) is 5.78 Å². The van der Waals surface area contributed by atoms with Crippen molar-refractivity contribution in [3.05, 3.63) is 23.3 Å². The number of hydrogen-bond donors (Lipinski definition) is 0. The molecule has 0 unspecified atom stereocenters. The molecule has 0 radical (unpaired) electrons. The lowest BCUT2D eigenvalue weighted by molar-refractivity contribution is -0.118. The van der Waals surface area contributed by atoms with E-state index in [2.05, 4.69) is 32.9 Å². The minimum Gasteiger partial charge on any atom is -0.300 e. The molecule has 0 bridgehead atoms. The van der Waals surface area contributed by atoms with E-state index < -0.39 is 0 Å². The van der Waals surface area contributed by atoms with Crippen molar-refractivity contribution in [3.63, 3.8) is 0 Å². The van der Waals surface area contributed by atoms with E-state index in [9.17, 15) is 4.79 Å². The van der Waals surface area contributed by atoms with Gasteiger partial charge in [-0.15, -0.1) is 0 Å². The first kappa shape index (κ1) is 15.2. The summed E-state index contributed by atoms with van der Waals surface area (Å²) in [6, 6.07) is 0. The highest BCUT2D eigenvalue weighted by molar-refractivity contribution is 5.78. The van der Waals surface area contributed by atoms with Crippen LogP contribution in [-0.2, 0) is 4.79 Å². The molecule has 0 aromatic rings. The Hall–Kier alpha value is -0.850. The van der Waals surface area contributed by atoms with Crippen LogP contribution in [0.1, 0.15) is 66.2 Å². The van der Waals surface area contributed by atoms with Gasteiger partial charge in [0.15, 0.2) is 0 Å². The summed E-state index contributed by atoms with van der Waals surface area (Å²) in [5.74, 6) is 0.366. The summed E-state index contributed by atoms with van der Waals surface area (Å²) >= 11 is 0. The molecule has 0 aliphatic carbocycles. The van der Waals surface area contributed by atoms with Crippen molar-refractivity contribution < 1.29 is 4.79 Å². The zero-order valence-corrected chi connectivity index (χ0v) is 11.3. The highest BCUT2D eigenvalue weighted by Crippen LogP contribution is 2.10. The molecular weight excluding hydrogens is 196 g/mol. The fourth-order valence-electron chi connectivity index (χ4n) is 1.45. The van der Waals surface area contributed by atoms with E-state index in [1.165, 1.54) is 11.1 Å². The third kappa shape index (κ3) is 8.46. The Kier molecular flexibility index (Phi) is 8.88. The van der Waals surface area contributed by atoms with Gasteiger partial charge in [0.05, 0.1) is 0 Å². The maximum absolute atomic E-state index is 11.1. The van der Waals surface area contributed by atoms with Gasteiger partial charge in [-0.3, -0.25) is 4.79 Å². The van der Waals surface area contributed by atoms with Gasteiger partial charge in [0.2, 0.25) is 0 Å². The first-order valence-electron chi connectivity index (χ1n) is 6.43. The number of carbonyl (C=O) groups is 1. The van der Waals surface area contributed by atoms with Gasteiger partial charge in [-0.1, -0.05) is 37.1 Å². The van der Waals surface area contributed by atoms with E-state index in [0.717, 1.165) is 25.7 Å². The molecule has 92 valence electrons. The third-order valence-corrected chi connectivity index (χ3v) is 2.90. The predicted octanol–water partition coefficient (Wildman–Crippen LogP) is 4.83. The van der Waals surface area contributed by atoms with Crippen molar-refractivity contribution in [3.8, 4) is 0 Å². The molecular formula is C15H26O. The maximum atomic E-state index is 11.1. The Labute approximate surface area is 101 Å². The fraction of sp³-hybridized carbons (Fsp3) is 0.667. The van der Waals surface area contributed by atoms with Crippen LogP contribution in [0.2, 0.25) is 0 Å². The molecule has 1 heteroatoms. The minimum absolute atomic E-state index is 0.366. The molecule has 0 fully saturated rings. The van der Waals surface area contributed by atoms with Gasteiger partial charge >= 0.3 is 0 Å². The Morgan fingerprint density at radius 3 is 2.00 bits per heavy atom. The van der Waals surface area contributed by atoms with Gasteiger partial charge in [-0.25, -0.2) is 0 Å². The summed E-state index contributed by atoms with van der Waals surface area (Å²) in [6.07, 6.45) is 10.2. The summed E-state index contributed by atoms with van der Waals surface area (Å²) < 4.78 is 0. The van der Waals surface area contributed by atoms with Gasteiger partial charge in [-0.05, 0) is 39.5 Å². The number of ketones is 1. The second-order valence-electron chi connectivity index (χ2n) is 4.42. The molecule has 0 saturated heterocycles. The molecule has 0 aromatic carbocycles. The summed E-state index contributed by atoms with van der Waals surface area (Å²) in [4.78, 5) is 11.1. The van der Waals surface area contributed by atoms with E-state index in [0.29, 0.717) is 18.6 Å². The largest absolute Gasteiger partial charge is 0.300 e. The van der Waals surface area contributed by atoms with Crippen molar-refractivity contribution >= 4 is 5.78 Å². The summed E-state index contributed by atoms with van der Waals surface area (Å²) in [5, 5.41) is 0. The lowest BCUT2D eigenvalue weighted by Gasteiger charge is -2.00. The van der Waals surface area contributed by atoms with Crippen LogP contribution in [0.25, 0.3) is 0 Å². The van der Waals surface area contributed by atoms with Crippen molar-refractivity contribution in [2.45, 2.75) is 66.2 Å². The molecule has 0 aromatic heterocycles. The second kappa shape index (κ2) is 9.38. The molecule has 0 saturated carbocycles. The average Bonchev–Trinajstić information content (AvgIpc) is 2.28. The van der Waals surface area contributed by atoms with E-state index in [1.807, 2.05) is 6.92 Å². The SMILES string of the molecule is CCC(=O)CCC=C(C)CCC=C(C)CC. The summed E-state index contributed by atoms with van der Waals surface area (Å²) in [6.45, 7) is 8.45. The number of Topliss-reactive ketones (excluding diaryl/α,β-unsaturated/α-hetero) is 1. The van der Waals surface area contributed by atoms with Gasteiger partial charge in [-0.2, -0.15) is 0 Å². The molecule has 1 nitrogen and oxygen atoms in total. The first-order valence-corrected chi connectivity index (χ1v) is 6.43. The zero-order valence-electron chi connectivity index (χ0n) is 11.3. The Morgan fingerprint density at radius 2 is 1.44 bits per heavy atom. The van der Waals surface area contributed by atoms with Crippen LogP contribution in [0.5, 0.6) is 0 Å². The van der Waals surface area contributed by atoms with Gasteiger partial charge < -0.3 is 0 Å². The molecule has 0 spiro atoms. The standard InChI is InChI=1S/C15H26O/c1-5-13(3)9-7-10-14(4)11-8-12-15(16)6-2/h9,11H,5-8,10,12H2,1-4H3. The monoisotopic (exact) mass is 222 g/mol. The van der Waals surface area contributed by atoms with E-state index >= 15 is 0 Å². The molecule has 0 heterocycles. The number of hydrogen-bond acceptors (Lipinski definition) is 1. The smallest absolute Gasteiger partial charge is 0.132 e. The summed E-state index contributed by atoms with van der Waals surface area (Å²) in [7, 11) is 0. The zero-order chi connectivity index (χ0) is 12.4. The van der Waals surface area contributed by atoms with Crippen molar-refractivity contribution in [2.24, 2.45) is 0 Å². The Balaban J connectivity index is 3.75. The van der Waals surface area contributed by atoms with Crippen molar-refractivity contribution in [2.75, 3.05) is 0 Å². The van der Waals surface area contributed by atoms with E-state index in [-0.39, 0.29) is 0 Å². The average molecular weight is 222 g/mol. The maximum Gasteiger partial charge on any atom is 0.132 e. The molecule has 0 atom stereocenters. The lowest BCUT2D eigenvalue weighted by atomic mass is 10.1. The minimum atomic E-state index is 0.366.